The molecular formula is C54H60BCl2F10IN8O10. The van der Waals surface area contributed by atoms with Gasteiger partial charge in [-0.05, 0) is 141 Å². The van der Waals surface area contributed by atoms with Crippen LogP contribution < -0.4 is 11.2 Å². The lowest BCUT2D eigenvalue weighted by molar-refractivity contribution is -0.197. The van der Waals surface area contributed by atoms with Gasteiger partial charge in [-0.2, -0.15) is 26.3 Å². The van der Waals surface area contributed by atoms with Crippen LogP contribution in [0.3, 0.4) is 0 Å². The molecule has 32 heteroatoms. The first-order valence-corrected chi connectivity index (χ1v) is 27.5. The van der Waals surface area contributed by atoms with Gasteiger partial charge < -0.3 is 43.5 Å². The minimum Gasteiger partial charge on any atom is -0.463 e. The predicted molar refractivity (Wildman–Crippen MR) is 306 cm³/mol. The molecule has 2 aromatic heterocycles. The van der Waals surface area contributed by atoms with Gasteiger partial charge in [-0.1, -0.05) is 41.4 Å². The molecule has 3 aliphatic rings. The Labute approximate surface area is 512 Å². The Bertz CT molecular complexity index is 3150. The molecule has 86 heavy (non-hydrogen) atoms. The maximum Gasteiger partial charge on any atom is 0.494 e. The monoisotopic (exact) mass is 1380 g/mol. The van der Waals surface area contributed by atoms with E-state index in [0.29, 0.717) is 10.4 Å². The van der Waals surface area contributed by atoms with Gasteiger partial charge in [0.25, 0.3) is 6.02 Å². The van der Waals surface area contributed by atoms with Crippen LogP contribution in [-0.4, -0.2) is 130 Å². The van der Waals surface area contributed by atoms with Crippen molar-refractivity contribution < 1.29 is 91.2 Å². The van der Waals surface area contributed by atoms with Crippen molar-refractivity contribution in [2.24, 2.45) is 15.7 Å². The standard InChI is InChI=1S/C29H41BF4N2O8.C19H16ClF5N4O2.C6H3ClFIN2/c1-24(2,3)41-22(37)36(23(38)42-25(4,5)6)21-35-28(11,20(15-39-21)40-16-29(32,33)34)18-14-17(12-13-19(18)31)30-43-26(7,8)27(9,10)44-30;1-18(15(8-30-17(26)29-18)31-9-19(23,24)25)11-4-10(2-3-12(11)21)5-13(22)14-6-28-16(20)7-27-14;7-6-3-10-5(2-11-6)4(8)1-9/h12-14,20H,15-16H2,1-11H3;2-7,15H,8-9H2,1H3,(H2,26,29);1-3H/b;13-5-;4-1-/t20-,28+;15-,18+;/m00./s1. The quantitative estimate of drug-likeness (QED) is 0.0888. The second-order valence-corrected chi connectivity index (χ2v) is 23.7. The number of ether oxygens (including phenoxy) is 6. The Kier molecular flexibility index (Phi) is 22.8. The van der Waals surface area contributed by atoms with Crippen LogP contribution in [0, 0.1) is 11.6 Å². The Balaban J connectivity index is 0.000000276. The summed E-state index contributed by atoms with van der Waals surface area (Å²) in [4.78, 5) is 50.1. The average molecular weight is 1380 g/mol. The molecule has 0 unspecified atom stereocenters. The van der Waals surface area contributed by atoms with E-state index in [-0.39, 0.29) is 51.0 Å². The lowest BCUT2D eigenvalue weighted by Crippen LogP contribution is -2.54. The van der Waals surface area contributed by atoms with Gasteiger partial charge in [0, 0.05) is 15.2 Å². The fraction of sp³-hybridized carbons (Fsp3) is 0.481. The third-order valence-electron chi connectivity index (χ3n) is 12.6. The second kappa shape index (κ2) is 27.6. The molecule has 0 bridgehead atoms. The molecule has 0 saturated carbocycles. The molecule has 0 aliphatic carbocycles. The van der Waals surface area contributed by atoms with Gasteiger partial charge in [-0.15, -0.1) is 4.90 Å². The summed E-state index contributed by atoms with van der Waals surface area (Å²) in [5.41, 5.74) is -1.38. The molecular weight excluding hydrogens is 1320 g/mol. The predicted octanol–water partition coefficient (Wildman–Crippen LogP) is 12.9. The smallest absolute Gasteiger partial charge is 0.463 e. The third-order valence-corrected chi connectivity index (χ3v) is 13.6. The number of aliphatic imine (C=N–C) groups is 2. The van der Waals surface area contributed by atoms with E-state index in [0.717, 1.165) is 30.6 Å². The van der Waals surface area contributed by atoms with Crippen molar-refractivity contribution in [3.05, 3.63) is 115 Å². The largest absolute Gasteiger partial charge is 0.494 e. The summed E-state index contributed by atoms with van der Waals surface area (Å²) in [7, 11) is -0.944. The molecule has 2 amide bonds. The minimum atomic E-state index is -4.73. The Morgan fingerprint density at radius 1 is 0.686 bits per heavy atom. The van der Waals surface area contributed by atoms with Crippen LogP contribution in [-0.2, 0) is 48.8 Å². The Hall–Kier alpha value is -5.93. The molecule has 4 atom stereocenters. The maximum absolute atomic E-state index is 15.7. The number of rotatable bonds is 10. The number of carbonyl (C=O) groups is 2. The summed E-state index contributed by atoms with van der Waals surface area (Å²) in [6.45, 7) is 15.0. The molecule has 2 N–H and O–H groups in total. The van der Waals surface area contributed by atoms with Crippen LogP contribution in [0.25, 0.3) is 17.7 Å². The number of alkyl halides is 6. The molecule has 0 radical (unpaired) electrons. The molecule has 18 nitrogen and oxygen atoms in total. The zero-order chi connectivity index (χ0) is 64.8. The van der Waals surface area contributed by atoms with Gasteiger partial charge in [0.1, 0.15) is 94.2 Å². The highest BCUT2D eigenvalue weighted by Crippen LogP contribution is 2.41. The fourth-order valence-corrected chi connectivity index (χ4v) is 8.25. The summed E-state index contributed by atoms with van der Waals surface area (Å²) in [6, 6.07) is 6.42. The van der Waals surface area contributed by atoms with E-state index in [9.17, 15) is 49.1 Å². The summed E-state index contributed by atoms with van der Waals surface area (Å²) in [5.74, 6) is -2.83. The number of imide groups is 1. The van der Waals surface area contributed by atoms with Gasteiger partial charge in [0.2, 0.25) is 0 Å². The number of nitrogens with zero attached hydrogens (tertiary/aromatic N) is 7. The van der Waals surface area contributed by atoms with E-state index in [2.05, 4.69) is 29.9 Å². The maximum atomic E-state index is 15.7. The lowest BCUT2D eigenvalue weighted by Gasteiger charge is -2.40. The molecule has 4 aromatic rings. The molecule has 1 fully saturated rings. The van der Waals surface area contributed by atoms with Crippen LogP contribution in [0.4, 0.5) is 53.5 Å². The van der Waals surface area contributed by atoms with Crippen molar-refractivity contribution in [1.82, 2.24) is 24.8 Å². The fourth-order valence-electron chi connectivity index (χ4n) is 7.74. The van der Waals surface area contributed by atoms with E-state index in [1.54, 1.807) is 64.1 Å². The van der Waals surface area contributed by atoms with Gasteiger partial charge in [0.05, 0.1) is 36.0 Å². The number of halogens is 13. The van der Waals surface area contributed by atoms with Crippen LogP contribution in [0.1, 0.15) is 111 Å². The van der Waals surface area contributed by atoms with Crippen LogP contribution in [0.2, 0.25) is 10.3 Å². The van der Waals surface area contributed by atoms with Gasteiger partial charge in [0.15, 0.2) is 11.7 Å². The topological polar surface area (TPSA) is 214 Å². The van der Waals surface area contributed by atoms with Crippen molar-refractivity contribution in [2.75, 3.05) is 26.4 Å². The number of aromatic nitrogens is 4. The highest BCUT2D eigenvalue weighted by Gasteiger charge is 2.54. The molecule has 7 rings (SSSR count). The average Bonchev–Trinajstić information content (AvgIpc) is 1.16. The molecule has 5 heterocycles. The third kappa shape index (κ3) is 19.3. The Morgan fingerprint density at radius 2 is 1.13 bits per heavy atom. The van der Waals surface area contributed by atoms with Crippen LogP contribution >= 0.6 is 45.8 Å². The van der Waals surface area contributed by atoms with Gasteiger partial charge >= 0.3 is 37.7 Å². The van der Waals surface area contributed by atoms with Crippen molar-refractivity contribution in [3.8, 4) is 0 Å². The van der Waals surface area contributed by atoms with E-state index < -0.39 is 126 Å². The number of amides is 2. The van der Waals surface area contributed by atoms with Crippen LogP contribution in [0.5, 0.6) is 0 Å². The molecule has 0 spiro atoms. The van der Waals surface area contributed by atoms with Gasteiger partial charge in [-0.25, -0.2) is 57.1 Å². The summed E-state index contributed by atoms with van der Waals surface area (Å²) in [5, 5.41) is 0.336. The van der Waals surface area contributed by atoms with Crippen LogP contribution in [0.15, 0.2) is 75.3 Å². The van der Waals surface area contributed by atoms with E-state index >= 15 is 4.39 Å². The van der Waals surface area contributed by atoms with Crippen molar-refractivity contribution in [1.29, 1.82) is 0 Å². The summed E-state index contributed by atoms with van der Waals surface area (Å²) in [6.07, 6.45) is -8.70. The van der Waals surface area contributed by atoms with Crippen molar-refractivity contribution >= 4 is 100 Å². The molecule has 1 saturated heterocycles. The van der Waals surface area contributed by atoms with Crippen molar-refractivity contribution in [3.63, 3.8) is 0 Å². The first-order chi connectivity index (χ1) is 39.5. The number of hydrogen-bond donors (Lipinski definition) is 1. The van der Waals surface area contributed by atoms with Gasteiger partial charge in [-0.3, -0.25) is 0 Å². The van der Waals surface area contributed by atoms with E-state index in [1.807, 2.05) is 27.7 Å². The highest BCUT2D eigenvalue weighted by atomic mass is 127. The zero-order valence-electron chi connectivity index (χ0n) is 48.2. The SMILES string of the molecule is CC(C)(C)OC(=O)N(C(=O)OC(C)(C)C)C1=N[C@](C)(c2cc(B3OC(C)(C)C(C)(C)O3)ccc2F)[C@@H](OCC(F)(F)F)CO1.C[C@]1(c2cc(/C=C(\F)c3cnc(Cl)cn3)ccc2F)N=C(N)OC[C@@H]1OCC(F)(F)F.F/C(=C\I)c1cnc(Cl)cn1. The summed E-state index contributed by atoms with van der Waals surface area (Å²) < 4.78 is 180. The zero-order valence-corrected chi connectivity index (χ0v) is 51.9. The highest BCUT2D eigenvalue weighted by molar-refractivity contribution is 14.1. The number of carbonyl (C=O) groups excluding carboxylic acids is 2. The van der Waals surface area contributed by atoms with E-state index in [4.69, 9.17) is 66.7 Å². The first kappa shape index (κ1) is 70.8. The minimum absolute atomic E-state index is 0.0772. The summed E-state index contributed by atoms with van der Waals surface area (Å²) >= 11 is 12.9. The van der Waals surface area contributed by atoms with Crippen molar-refractivity contribution in [2.45, 2.75) is 141 Å². The lowest BCUT2D eigenvalue weighted by atomic mass is 9.75. The number of benzene rings is 2. The first-order valence-electron chi connectivity index (χ1n) is 25.5. The van der Waals surface area contributed by atoms with E-state index in [1.165, 1.54) is 54.6 Å². The number of nitrogens with two attached hydrogens (primary N) is 1. The number of hydrogen-bond acceptors (Lipinski definition) is 17. The molecule has 2 aromatic carbocycles. The molecule has 3 aliphatic heterocycles. The number of amidine groups is 2. The second-order valence-electron chi connectivity index (χ2n) is 22.4. The normalized spacial score (nSPS) is 21.5. The molecule has 470 valence electrons. The Morgan fingerprint density at radius 3 is 1.57 bits per heavy atom.